The highest BCUT2D eigenvalue weighted by Gasteiger charge is 2.34. The molecule has 1 heterocycles. The third-order valence-electron chi connectivity index (χ3n) is 3.23. The van der Waals surface area contributed by atoms with Crippen LogP contribution in [0.25, 0.3) is 0 Å². The van der Waals surface area contributed by atoms with E-state index in [9.17, 15) is 14.4 Å². The molecule has 0 bridgehead atoms. The molecule has 18 heavy (non-hydrogen) atoms. The quantitative estimate of drug-likeness (QED) is 0.712. The lowest BCUT2D eigenvalue weighted by Crippen LogP contribution is -2.40. The zero-order valence-electron chi connectivity index (χ0n) is 10.8. The molecule has 0 aromatic carbocycles. The van der Waals surface area contributed by atoms with Crippen molar-refractivity contribution in [3.8, 4) is 0 Å². The van der Waals surface area contributed by atoms with Crippen LogP contribution < -0.4 is 5.32 Å². The first kappa shape index (κ1) is 14.5. The molecule has 0 radical (unpaired) electrons. The average molecular weight is 256 g/mol. The Hall–Kier alpha value is -1.59. The molecule has 1 aliphatic rings. The molecular weight excluding hydrogens is 236 g/mol. The predicted octanol–water partition coefficient (Wildman–Crippen LogP) is 0.224. The number of aliphatic carboxylic acids is 1. The number of carboxylic acid groups (broad SMARTS) is 1. The van der Waals surface area contributed by atoms with E-state index >= 15 is 0 Å². The van der Waals surface area contributed by atoms with Crippen LogP contribution >= 0.6 is 0 Å². The zero-order chi connectivity index (χ0) is 13.7. The zero-order valence-corrected chi connectivity index (χ0v) is 10.8. The summed E-state index contributed by atoms with van der Waals surface area (Å²) >= 11 is 0. The third kappa shape index (κ3) is 3.72. The molecule has 2 amide bonds. The Balaban J connectivity index is 2.50. The van der Waals surface area contributed by atoms with E-state index in [4.69, 9.17) is 5.11 Å². The van der Waals surface area contributed by atoms with Crippen LogP contribution in [-0.2, 0) is 14.4 Å². The molecule has 1 fully saturated rings. The Morgan fingerprint density at radius 1 is 1.50 bits per heavy atom. The van der Waals surface area contributed by atoms with E-state index in [2.05, 4.69) is 5.32 Å². The second-order valence-electron chi connectivity index (χ2n) is 4.55. The summed E-state index contributed by atoms with van der Waals surface area (Å²) in [6, 6.07) is -0.360. The number of carbonyl (C=O) groups excluding carboxylic acids is 2. The Labute approximate surface area is 106 Å². The number of likely N-dealkylation sites (tertiary alicyclic amines) is 1. The molecule has 1 rings (SSSR count). The monoisotopic (exact) mass is 256 g/mol. The molecule has 2 N–H and O–H groups in total. The average Bonchev–Trinajstić information content (AvgIpc) is 2.69. The van der Waals surface area contributed by atoms with E-state index in [1.54, 1.807) is 4.90 Å². The van der Waals surface area contributed by atoms with Crippen LogP contribution in [0.5, 0.6) is 0 Å². The number of nitrogens with zero attached hydrogens (tertiary/aromatic N) is 1. The normalized spacial score (nSPS) is 20.9. The summed E-state index contributed by atoms with van der Waals surface area (Å²) in [5.74, 6) is -1.50. The highest BCUT2D eigenvalue weighted by molar-refractivity contribution is 5.89. The van der Waals surface area contributed by atoms with Gasteiger partial charge in [0.2, 0.25) is 11.8 Å². The maximum Gasteiger partial charge on any atom is 0.305 e. The SMILES string of the molecule is CCC(CC(=O)O)NC(=O)C1CC(=O)N(CC)C1. The van der Waals surface area contributed by atoms with E-state index in [0.717, 1.165) is 0 Å². The fraction of sp³-hybridized carbons (Fsp3) is 0.750. The maximum atomic E-state index is 11.9. The minimum atomic E-state index is -0.931. The number of nitrogens with one attached hydrogen (secondary N) is 1. The number of carbonyl (C=O) groups is 3. The van der Waals surface area contributed by atoms with Gasteiger partial charge < -0.3 is 15.3 Å². The van der Waals surface area contributed by atoms with Gasteiger partial charge in [-0.05, 0) is 13.3 Å². The van der Waals surface area contributed by atoms with Crippen LogP contribution in [0.4, 0.5) is 0 Å². The molecule has 1 aliphatic heterocycles. The maximum absolute atomic E-state index is 11.9. The van der Waals surface area contributed by atoms with Crippen molar-refractivity contribution in [2.75, 3.05) is 13.1 Å². The number of rotatable bonds is 6. The summed E-state index contributed by atoms with van der Waals surface area (Å²) in [6.45, 7) is 4.74. The number of hydrogen-bond donors (Lipinski definition) is 2. The Morgan fingerprint density at radius 3 is 2.61 bits per heavy atom. The lowest BCUT2D eigenvalue weighted by atomic mass is 10.1. The largest absolute Gasteiger partial charge is 0.481 e. The molecule has 102 valence electrons. The third-order valence-corrected chi connectivity index (χ3v) is 3.23. The van der Waals surface area contributed by atoms with Gasteiger partial charge in [0.1, 0.15) is 0 Å². The van der Waals surface area contributed by atoms with E-state index in [0.29, 0.717) is 19.5 Å². The van der Waals surface area contributed by atoms with Gasteiger partial charge in [0.05, 0.1) is 12.3 Å². The first-order chi connectivity index (χ1) is 8.47. The molecule has 0 spiro atoms. The molecule has 0 aromatic heterocycles. The van der Waals surface area contributed by atoms with E-state index < -0.39 is 5.97 Å². The summed E-state index contributed by atoms with van der Waals surface area (Å²) in [7, 11) is 0. The Morgan fingerprint density at radius 2 is 2.17 bits per heavy atom. The minimum absolute atomic E-state index is 0.0102. The standard InChI is InChI=1S/C12H20N2O4/c1-3-9(6-11(16)17)13-12(18)8-5-10(15)14(4-2)7-8/h8-9H,3-7H2,1-2H3,(H,13,18)(H,16,17). The van der Waals surface area contributed by atoms with Gasteiger partial charge >= 0.3 is 5.97 Å². The molecule has 2 atom stereocenters. The predicted molar refractivity (Wildman–Crippen MR) is 64.8 cm³/mol. The molecule has 6 heteroatoms. The van der Waals surface area contributed by atoms with Crippen LogP contribution in [0.2, 0.25) is 0 Å². The number of carboxylic acids is 1. The highest BCUT2D eigenvalue weighted by Crippen LogP contribution is 2.17. The Bertz CT molecular complexity index is 343. The van der Waals surface area contributed by atoms with Crippen molar-refractivity contribution in [1.82, 2.24) is 10.2 Å². The van der Waals surface area contributed by atoms with E-state index in [-0.39, 0.29) is 36.6 Å². The topological polar surface area (TPSA) is 86.7 Å². The van der Waals surface area contributed by atoms with Crippen molar-refractivity contribution in [3.05, 3.63) is 0 Å². The summed E-state index contributed by atoms with van der Waals surface area (Å²) in [5.41, 5.74) is 0. The van der Waals surface area contributed by atoms with E-state index in [1.165, 1.54) is 0 Å². The molecular formula is C12H20N2O4. The van der Waals surface area contributed by atoms with Gasteiger partial charge in [-0.25, -0.2) is 0 Å². The van der Waals surface area contributed by atoms with Gasteiger partial charge in [0.25, 0.3) is 0 Å². The Kier molecular flexibility index (Phi) is 5.12. The van der Waals surface area contributed by atoms with Crippen LogP contribution in [0.1, 0.15) is 33.1 Å². The summed E-state index contributed by atoms with van der Waals surface area (Å²) in [6.07, 6.45) is 0.708. The van der Waals surface area contributed by atoms with Gasteiger partial charge in [0, 0.05) is 25.6 Å². The van der Waals surface area contributed by atoms with Crippen LogP contribution in [0.3, 0.4) is 0 Å². The van der Waals surface area contributed by atoms with Crippen LogP contribution in [-0.4, -0.2) is 46.9 Å². The smallest absolute Gasteiger partial charge is 0.305 e. The fourth-order valence-corrected chi connectivity index (χ4v) is 2.08. The van der Waals surface area contributed by atoms with Crippen molar-refractivity contribution >= 4 is 17.8 Å². The lowest BCUT2D eigenvalue weighted by molar-refractivity contribution is -0.138. The van der Waals surface area contributed by atoms with Crippen molar-refractivity contribution in [1.29, 1.82) is 0 Å². The molecule has 0 saturated carbocycles. The number of amides is 2. The van der Waals surface area contributed by atoms with Gasteiger partial charge in [-0.3, -0.25) is 14.4 Å². The summed E-state index contributed by atoms with van der Waals surface area (Å²) < 4.78 is 0. The second kappa shape index (κ2) is 6.37. The van der Waals surface area contributed by atoms with Crippen molar-refractivity contribution in [2.24, 2.45) is 5.92 Å². The van der Waals surface area contributed by atoms with Gasteiger partial charge in [0.15, 0.2) is 0 Å². The first-order valence-corrected chi connectivity index (χ1v) is 6.27. The van der Waals surface area contributed by atoms with Gasteiger partial charge in [-0.2, -0.15) is 0 Å². The van der Waals surface area contributed by atoms with E-state index in [1.807, 2.05) is 13.8 Å². The molecule has 1 saturated heterocycles. The van der Waals surface area contributed by atoms with Crippen molar-refractivity contribution in [2.45, 2.75) is 39.2 Å². The molecule has 0 aliphatic carbocycles. The lowest BCUT2D eigenvalue weighted by Gasteiger charge is -2.18. The summed E-state index contributed by atoms with van der Waals surface area (Å²) in [4.78, 5) is 35.7. The highest BCUT2D eigenvalue weighted by atomic mass is 16.4. The van der Waals surface area contributed by atoms with Crippen molar-refractivity contribution in [3.63, 3.8) is 0 Å². The van der Waals surface area contributed by atoms with Gasteiger partial charge in [-0.15, -0.1) is 0 Å². The molecule has 2 unspecified atom stereocenters. The number of hydrogen-bond acceptors (Lipinski definition) is 3. The minimum Gasteiger partial charge on any atom is -0.481 e. The summed E-state index contributed by atoms with van der Waals surface area (Å²) in [5, 5.41) is 11.4. The van der Waals surface area contributed by atoms with Crippen molar-refractivity contribution < 1.29 is 19.5 Å². The van der Waals surface area contributed by atoms with Gasteiger partial charge in [-0.1, -0.05) is 6.92 Å². The molecule has 6 nitrogen and oxygen atoms in total. The molecule has 0 aromatic rings. The van der Waals surface area contributed by atoms with Crippen LogP contribution in [0, 0.1) is 5.92 Å². The fourth-order valence-electron chi connectivity index (χ4n) is 2.08. The first-order valence-electron chi connectivity index (χ1n) is 6.27. The van der Waals surface area contributed by atoms with Crippen LogP contribution in [0.15, 0.2) is 0 Å². The second-order valence-corrected chi connectivity index (χ2v) is 4.55.